The second-order valence-electron chi connectivity index (χ2n) is 7.56. The first-order chi connectivity index (χ1) is 16.3. The van der Waals surface area contributed by atoms with E-state index in [2.05, 4.69) is 4.18 Å². The van der Waals surface area contributed by atoms with Crippen molar-refractivity contribution in [2.24, 2.45) is 5.73 Å². The summed E-state index contributed by atoms with van der Waals surface area (Å²) in [6.07, 6.45) is -2.55. The Balaban J connectivity index is 2.46. The summed E-state index contributed by atoms with van der Waals surface area (Å²) in [5.74, 6) is -2.31. The molecule has 1 fully saturated rings. The Morgan fingerprint density at radius 1 is 1.09 bits per heavy atom. The molecule has 1 amide bonds. The number of nitrogens with two attached hydrogens (primary N) is 1. The van der Waals surface area contributed by atoms with E-state index in [0.29, 0.717) is 12.8 Å². The molecule has 1 aliphatic rings. The van der Waals surface area contributed by atoms with Crippen molar-refractivity contribution < 1.29 is 58.9 Å². The first kappa shape index (κ1) is 28.5. The average Bonchev–Trinajstić information content (AvgIpc) is 3.09. The molecule has 0 radical (unpaired) electrons. The highest BCUT2D eigenvalue weighted by atomic mass is 32.2. The predicted molar refractivity (Wildman–Crippen MR) is 110 cm³/mol. The molecule has 2 rings (SSSR count). The number of ether oxygens (including phenoxy) is 3. The predicted octanol–water partition coefficient (Wildman–Crippen LogP) is 1.26. The number of halogens is 3. The molecule has 0 aromatic carbocycles. The first-order valence-corrected chi connectivity index (χ1v) is 12.0. The number of nitrogens with zero attached hydrogens (tertiary/aromatic N) is 1. The van der Waals surface area contributed by atoms with Crippen LogP contribution in [-0.4, -0.2) is 56.7 Å². The van der Waals surface area contributed by atoms with Gasteiger partial charge in [-0.15, -0.1) is 0 Å². The Hall–Kier alpha value is -2.78. The van der Waals surface area contributed by atoms with Crippen LogP contribution in [0.4, 0.5) is 13.2 Å². The molecular weight excluding hydrogens is 501 g/mol. The Morgan fingerprint density at radius 2 is 1.66 bits per heavy atom. The Bertz CT molecular complexity index is 1030. The molecular formula is C20H26F3N2O9S+. The lowest BCUT2D eigenvalue weighted by molar-refractivity contribution is -0.765. The topological polar surface area (TPSA) is 152 Å². The molecule has 1 saturated heterocycles. The quantitative estimate of drug-likeness (QED) is 0.194. The van der Waals surface area contributed by atoms with Crippen molar-refractivity contribution in [2.75, 3.05) is 6.61 Å². The van der Waals surface area contributed by atoms with Gasteiger partial charge >= 0.3 is 33.8 Å². The van der Waals surface area contributed by atoms with Crippen molar-refractivity contribution in [1.29, 1.82) is 0 Å². The molecule has 11 nitrogen and oxygen atoms in total. The zero-order chi connectivity index (χ0) is 26.4. The number of rotatable bonds is 11. The fourth-order valence-electron chi connectivity index (χ4n) is 3.20. The molecule has 1 aromatic rings. The zero-order valence-electron chi connectivity index (χ0n) is 18.9. The summed E-state index contributed by atoms with van der Waals surface area (Å²) in [7, 11) is -5.99. The minimum atomic E-state index is -5.99. The number of carbonyl (C=O) groups is 3. The van der Waals surface area contributed by atoms with Crippen molar-refractivity contribution in [2.45, 2.75) is 69.6 Å². The molecule has 2 N–H and O–H groups in total. The number of alkyl halides is 3. The molecule has 0 bridgehead atoms. The molecule has 4 atom stereocenters. The van der Waals surface area contributed by atoms with Crippen LogP contribution >= 0.6 is 0 Å². The van der Waals surface area contributed by atoms with Crippen molar-refractivity contribution in [3.8, 4) is 0 Å². The molecule has 1 aromatic heterocycles. The van der Waals surface area contributed by atoms with Gasteiger partial charge in [-0.1, -0.05) is 13.8 Å². The molecule has 35 heavy (non-hydrogen) atoms. The van der Waals surface area contributed by atoms with E-state index in [4.69, 9.17) is 19.9 Å². The monoisotopic (exact) mass is 527 g/mol. The lowest BCUT2D eigenvalue weighted by atomic mass is 10.1. The molecule has 2 heterocycles. The second-order valence-corrected chi connectivity index (χ2v) is 9.17. The maximum atomic E-state index is 12.8. The summed E-state index contributed by atoms with van der Waals surface area (Å²) in [5.41, 5.74) is -0.390. The Labute approximate surface area is 199 Å². The highest BCUT2D eigenvalue weighted by Gasteiger charge is 2.56. The molecule has 1 unspecified atom stereocenters. The maximum absolute atomic E-state index is 12.8. The Morgan fingerprint density at radius 3 is 2.17 bits per heavy atom. The lowest BCUT2D eigenvalue weighted by Gasteiger charge is -2.22. The average molecular weight is 527 g/mol. The van der Waals surface area contributed by atoms with Gasteiger partial charge in [0.15, 0.2) is 18.5 Å². The number of hydrogen-bond acceptors (Lipinski definition) is 9. The van der Waals surface area contributed by atoms with E-state index >= 15 is 0 Å². The van der Waals surface area contributed by atoms with Crippen LogP contribution in [0, 0.1) is 0 Å². The third-order valence-corrected chi connectivity index (χ3v) is 5.81. The van der Waals surface area contributed by atoms with Gasteiger partial charge in [0.2, 0.25) is 6.10 Å². The van der Waals surface area contributed by atoms with Crippen LogP contribution in [0.1, 0.15) is 56.1 Å². The third kappa shape index (κ3) is 7.35. The summed E-state index contributed by atoms with van der Waals surface area (Å²) >= 11 is 0. The van der Waals surface area contributed by atoms with Gasteiger partial charge in [0.05, 0.1) is 6.61 Å². The van der Waals surface area contributed by atoms with E-state index in [1.807, 2.05) is 0 Å². The largest absolute Gasteiger partial charge is 0.523 e. The smallest absolute Gasteiger partial charge is 0.455 e. The van der Waals surface area contributed by atoms with E-state index < -0.39 is 64.6 Å². The van der Waals surface area contributed by atoms with Crippen LogP contribution < -0.4 is 10.3 Å². The van der Waals surface area contributed by atoms with Crippen LogP contribution in [0.15, 0.2) is 24.5 Å². The fraction of sp³-hybridized carbons (Fsp3) is 0.600. The highest BCUT2D eigenvalue weighted by Crippen LogP contribution is 2.33. The van der Waals surface area contributed by atoms with Gasteiger partial charge < -0.3 is 19.9 Å². The minimum absolute atomic E-state index is 0.0219. The molecule has 1 aliphatic heterocycles. The van der Waals surface area contributed by atoms with Gasteiger partial charge in [0.25, 0.3) is 5.91 Å². The van der Waals surface area contributed by atoms with Crippen LogP contribution in [0.5, 0.6) is 0 Å². The third-order valence-electron chi connectivity index (χ3n) is 4.80. The van der Waals surface area contributed by atoms with E-state index in [0.717, 1.165) is 0 Å². The highest BCUT2D eigenvalue weighted by molar-refractivity contribution is 7.87. The first-order valence-electron chi connectivity index (χ1n) is 10.6. The van der Waals surface area contributed by atoms with Gasteiger partial charge in [-0.05, 0) is 18.9 Å². The standard InChI is InChI=1S/C20H25F3N2O9S/c1-3-6-14(26)33-16-13(11-31-35(29,30)20(21,22)23)32-19(17(16)34-15(27)7-4-2)25-9-5-8-12(10-25)18(24)28/h5,8-10,13,16-17,19H,3-4,6-7,11H2,1-2H3,(H-,24,28)/p+1/t13-,16-,17-,19?/m1/s1. The normalized spacial score (nSPS) is 22.5. The lowest BCUT2D eigenvalue weighted by Crippen LogP contribution is -2.49. The SMILES string of the molecule is CCCC(=O)O[C@@H]1[C@@H](COS(=O)(=O)C(F)(F)F)OC([n+]2cccc(C(N)=O)c2)[C@@H]1OC(=O)CCC. The van der Waals surface area contributed by atoms with Crippen LogP contribution in [0.25, 0.3) is 0 Å². The van der Waals surface area contributed by atoms with Gasteiger partial charge in [0.1, 0.15) is 11.7 Å². The molecule has 196 valence electrons. The van der Waals surface area contributed by atoms with E-state index in [1.54, 1.807) is 13.8 Å². The minimum Gasteiger partial charge on any atom is -0.455 e. The summed E-state index contributed by atoms with van der Waals surface area (Å²) in [4.78, 5) is 36.1. The summed E-state index contributed by atoms with van der Waals surface area (Å²) in [5, 5.41) is 0. The molecule has 0 saturated carbocycles. The number of amides is 1. The van der Waals surface area contributed by atoms with Crippen molar-refractivity contribution in [3.05, 3.63) is 30.1 Å². The van der Waals surface area contributed by atoms with Gasteiger partial charge in [-0.2, -0.15) is 26.2 Å². The van der Waals surface area contributed by atoms with E-state index in [1.165, 1.54) is 29.1 Å². The molecule has 0 spiro atoms. The summed E-state index contributed by atoms with van der Waals surface area (Å²) < 4.78 is 82.9. The van der Waals surface area contributed by atoms with E-state index in [9.17, 15) is 36.0 Å². The van der Waals surface area contributed by atoms with Gasteiger partial charge in [-0.25, -0.2) is 0 Å². The van der Waals surface area contributed by atoms with Crippen LogP contribution in [0.2, 0.25) is 0 Å². The summed E-state index contributed by atoms with van der Waals surface area (Å²) in [6, 6.07) is 2.78. The van der Waals surface area contributed by atoms with Gasteiger partial charge in [-0.3, -0.25) is 18.6 Å². The van der Waals surface area contributed by atoms with E-state index in [-0.39, 0.29) is 18.4 Å². The zero-order valence-corrected chi connectivity index (χ0v) is 19.7. The number of hydrogen-bond donors (Lipinski definition) is 1. The fourth-order valence-corrected chi connectivity index (χ4v) is 3.65. The number of carbonyl (C=O) groups excluding carboxylic acids is 3. The summed E-state index contributed by atoms with van der Waals surface area (Å²) in [6.45, 7) is 2.18. The maximum Gasteiger partial charge on any atom is 0.523 e. The van der Waals surface area contributed by atoms with Crippen LogP contribution in [0.3, 0.4) is 0 Å². The second kappa shape index (κ2) is 11.8. The van der Waals surface area contributed by atoms with Gasteiger partial charge in [0, 0.05) is 18.9 Å². The van der Waals surface area contributed by atoms with Crippen LogP contribution in [-0.2, 0) is 38.1 Å². The number of pyridine rings is 1. The van der Waals surface area contributed by atoms with Crippen molar-refractivity contribution >= 4 is 28.0 Å². The number of esters is 2. The van der Waals surface area contributed by atoms with Crippen molar-refractivity contribution in [1.82, 2.24) is 0 Å². The van der Waals surface area contributed by atoms with Crippen molar-refractivity contribution in [3.63, 3.8) is 0 Å². The molecule has 15 heteroatoms. The number of aromatic nitrogens is 1. The number of primary amides is 1. The molecule has 0 aliphatic carbocycles. The Kier molecular flexibility index (Phi) is 9.57.